The fourth-order valence-electron chi connectivity index (χ4n) is 1.36. The van der Waals surface area contributed by atoms with Gasteiger partial charge >= 0.3 is 5.97 Å². The highest BCUT2D eigenvalue weighted by atomic mass is 16.4. The van der Waals surface area contributed by atoms with Crippen molar-refractivity contribution in [3.05, 3.63) is 41.0 Å². The Morgan fingerprint density at radius 2 is 1.81 bits per heavy atom. The van der Waals surface area contributed by atoms with Crippen molar-refractivity contribution in [2.75, 3.05) is 0 Å². The van der Waals surface area contributed by atoms with E-state index < -0.39 is 11.8 Å². The maximum absolute atomic E-state index is 10.9. The molecule has 2 N–H and O–H groups in total. The summed E-state index contributed by atoms with van der Waals surface area (Å²) < 4.78 is 0. The minimum absolute atomic E-state index is 0.329. The van der Waals surface area contributed by atoms with Gasteiger partial charge in [0.15, 0.2) is 0 Å². The first kappa shape index (κ1) is 12.0. The van der Waals surface area contributed by atoms with Gasteiger partial charge in [-0.05, 0) is 19.4 Å². The van der Waals surface area contributed by atoms with E-state index in [0.717, 1.165) is 11.1 Å². The van der Waals surface area contributed by atoms with Gasteiger partial charge in [0.1, 0.15) is 5.76 Å². The number of rotatable bonds is 3. The van der Waals surface area contributed by atoms with E-state index in [9.17, 15) is 14.7 Å². The molecule has 4 nitrogen and oxygen atoms in total. The molecule has 1 aromatic carbocycles. The van der Waals surface area contributed by atoms with Crippen LogP contribution in [0.15, 0.2) is 24.3 Å². The van der Waals surface area contributed by atoms with Gasteiger partial charge in [-0.1, -0.05) is 23.8 Å². The van der Waals surface area contributed by atoms with Crippen LogP contribution in [0.25, 0.3) is 5.76 Å². The van der Waals surface area contributed by atoms with Gasteiger partial charge in [-0.2, -0.15) is 0 Å². The molecule has 84 valence electrons. The average molecular weight is 220 g/mol. The number of aliphatic hydroxyl groups excluding tert-OH is 1. The van der Waals surface area contributed by atoms with Gasteiger partial charge in [-0.25, -0.2) is 4.79 Å². The number of aryl methyl sites for hydroxylation is 2. The molecule has 0 spiro atoms. The van der Waals surface area contributed by atoms with Gasteiger partial charge < -0.3 is 10.2 Å². The predicted molar refractivity (Wildman–Crippen MR) is 59.2 cm³/mol. The number of aliphatic hydroxyl groups is 1. The molecule has 0 heterocycles. The fraction of sp³-hybridized carbons (Fsp3) is 0.167. The van der Waals surface area contributed by atoms with E-state index in [0.29, 0.717) is 11.6 Å². The summed E-state index contributed by atoms with van der Waals surface area (Å²) in [6.07, 6.45) is 0.708. The van der Waals surface area contributed by atoms with Crippen molar-refractivity contribution in [3.63, 3.8) is 0 Å². The van der Waals surface area contributed by atoms with Crippen LogP contribution in [0.5, 0.6) is 0 Å². The van der Waals surface area contributed by atoms with Crippen LogP contribution in [-0.4, -0.2) is 22.0 Å². The molecule has 0 radical (unpaired) electrons. The van der Waals surface area contributed by atoms with E-state index in [1.165, 1.54) is 0 Å². The van der Waals surface area contributed by atoms with E-state index >= 15 is 0 Å². The summed E-state index contributed by atoms with van der Waals surface area (Å²) in [6, 6.07) is 5.26. The molecule has 0 unspecified atom stereocenters. The molecule has 0 aromatic heterocycles. The van der Waals surface area contributed by atoms with E-state index in [1.54, 1.807) is 19.1 Å². The highest BCUT2D eigenvalue weighted by Crippen LogP contribution is 2.17. The Morgan fingerprint density at radius 1 is 1.19 bits per heavy atom. The molecular formula is C12H12O4. The number of benzene rings is 1. The zero-order chi connectivity index (χ0) is 12.3. The van der Waals surface area contributed by atoms with E-state index in [1.807, 2.05) is 13.0 Å². The summed E-state index contributed by atoms with van der Waals surface area (Å²) in [7, 11) is 0. The van der Waals surface area contributed by atoms with Crippen LogP contribution in [0.2, 0.25) is 0 Å². The predicted octanol–water partition coefficient (Wildman–Crippen LogP) is 1.86. The second-order valence-electron chi connectivity index (χ2n) is 3.52. The number of carboxylic acids is 1. The molecule has 0 bridgehead atoms. The largest absolute Gasteiger partial charge is 0.507 e. The lowest BCUT2D eigenvalue weighted by Crippen LogP contribution is -2.09. The molecule has 16 heavy (non-hydrogen) atoms. The molecule has 4 heteroatoms. The molecule has 0 aliphatic carbocycles. The Kier molecular flexibility index (Phi) is 3.45. The lowest BCUT2D eigenvalue weighted by molar-refractivity contribution is -0.146. The highest BCUT2D eigenvalue weighted by Gasteiger charge is 2.11. The van der Waals surface area contributed by atoms with Crippen LogP contribution in [0, 0.1) is 13.8 Å². The van der Waals surface area contributed by atoms with Gasteiger partial charge in [0, 0.05) is 11.6 Å². The lowest BCUT2D eigenvalue weighted by atomic mass is 10.0. The van der Waals surface area contributed by atoms with Crippen molar-refractivity contribution in [1.29, 1.82) is 0 Å². The van der Waals surface area contributed by atoms with Crippen LogP contribution in [0.4, 0.5) is 0 Å². The smallest absolute Gasteiger partial charge is 0.376 e. The van der Waals surface area contributed by atoms with Crippen molar-refractivity contribution in [2.24, 2.45) is 0 Å². The quantitative estimate of drug-likeness (QED) is 0.463. The number of carbonyl (C=O) groups is 2. The molecule has 0 saturated carbocycles. The number of hydrogen-bond acceptors (Lipinski definition) is 3. The van der Waals surface area contributed by atoms with Gasteiger partial charge in [0.05, 0.1) is 0 Å². The molecule has 0 atom stereocenters. The Balaban J connectivity index is 3.10. The molecule has 0 aliphatic heterocycles. The number of carboxylic acid groups (broad SMARTS) is 1. The minimum atomic E-state index is -1.59. The van der Waals surface area contributed by atoms with Crippen molar-refractivity contribution in [2.45, 2.75) is 13.8 Å². The SMILES string of the molecule is Cc1ccc(C(O)=CC(=O)C(=O)O)c(C)c1. The lowest BCUT2D eigenvalue weighted by Gasteiger charge is -2.05. The number of ketones is 1. The van der Waals surface area contributed by atoms with Crippen molar-refractivity contribution >= 4 is 17.5 Å². The summed E-state index contributed by atoms with van der Waals surface area (Å²) in [5.74, 6) is -3.06. The first-order chi connectivity index (χ1) is 7.41. The Bertz CT molecular complexity index is 472. The Labute approximate surface area is 92.8 Å². The zero-order valence-corrected chi connectivity index (χ0v) is 9.02. The zero-order valence-electron chi connectivity index (χ0n) is 9.02. The van der Waals surface area contributed by atoms with Crippen LogP contribution >= 0.6 is 0 Å². The summed E-state index contributed by atoms with van der Waals surface area (Å²) in [6.45, 7) is 3.68. The van der Waals surface area contributed by atoms with Gasteiger partial charge in [0.2, 0.25) is 0 Å². The first-order valence-electron chi connectivity index (χ1n) is 4.67. The maximum Gasteiger partial charge on any atom is 0.376 e. The fourth-order valence-corrected chi connectivity index (χ4v) is 1.36. The molecule has 0 saturated heterocycles. The minimum Gasteiger partial charge on any atom is -0.507 e. The third-order valence-electron chi connectivity index (χ3n) is 2.14. The monoisotopic (exact) mass is 220 g/mol. The number of aliphatic carboxylic acids is 1. The molecule has 1 aromatic rings. The highest BCUT2D eigenvalue weighted by molar-refractivity contribution is 6.38. The van der Waals surface area contributed by atoms with Crippen molar-refractivity contribution in [1.82, 2.24) is 0 Å². The van der Waals surface area contributed by atoms with Crippen molar-refractivity contribution in [3.8, 4) is 0 Å². The second-order valence-corrected chi connectivity index (χ2v) is 3.52. The molecular weight excluding hydrogens is 208 g/mol. The van der Waals surface area contributed by atoms with Gasteiger partial charge in [0.25, 0.3) is 5.78 Å². The van der Waals surface area contributed by atoms with E-state index in [4.69, 9.17) is 5.11 Å². The summed E-state index contributed by atoms with van der Waals surface area (Å²) >= 11 is 0. The third kappa shape index (κ3) is 2.70. The standard InChI is InChI=1S/C12H12O4/c1-7-3-4-9(8(2)5-7)10(13)6-11(14)12(15)16/h3-6,13H,1-2H3,(H,15,16). The molecule has 0 amide bonds. The van der Waals surface area contributed by atoms with Crippen LogP contribution < -0.4 is 0 Å². The van der Waals surface area contributed by atoms with Crippen LogP contribution in [0.3, 0.4) is 0 Å². The van der Waals surface area contributed by atoms with Gasteiger partial charge in [-0.3, -0.25) is 4.79 Å². The van der Waals surface area contributed by atoms with E-state index in [2.05, 4.69) is 0 Å². The number of hydrogen-bond donors (Lipinski definition) is 2. The summed E-state index contributed by atoms with van der Waals surface area (Å²) in [4.78, 5) is 21.2. The summed E-state index contributed by atoms with van der Waals surface area (Å²) in [5.41, 5.74) is 2.27. The molecule has 1 rings (SSSR count). The van der Waals surface area contributed by atoms with Crippen LogP contribution in [-0.2, 0) is 9.59 Å². The normalized spacial score (nSPS) is 11.2. The summed E-state index contributed by atoms with van der Waals surface area (Å²) in [5, 5.41) is 18.0. The average Bonchev–Trinajstić information content (AvgIpc) is 2.16. The van der Waals surface area contributed by atoms with Crippen molar-refractivity contribution < 1.29 is 19.8 Å². The maximum atomic E-state index is 10.9. The number of carbonyl (C=O) groups excluding carboxylic acids is 1. The Morgan fingerprint density at radius 3 is 2.31 bits per heavy atom. The Hall–Kier alpha value is -2.10. The topological polar surface area (TPSA) is 74.6 Å². The van der Waals surface area contributed by atoms with Gasteiger partial charge in [-0.15, -0.1) is 0 Å². The van der Waals surface area contributed by atoms with E-state index in [-0.39, 0.29) is 5.76 Å². The molecule has 0 fully saturated rings. The third-order valence-corrected chi connectivity index (χ3v) is 2.14. The first-order valence-corrected chi connectivity index (χ1v) is 4.67. The second kappa shape index (κ2) is 4.61. The van der Waals surface area contributed by atoms with Crippen LogP contribution in [0.1, 0.15) is 16.7 Å². The molecule has 0 aliphatic rings.